The van der Waals surface area contributed by atoms with Crippen LogP contribution >= 0.6 is 0 Å². The van der Waals surface area contributed by atoms with Crippen LogP contribution in [0.1, 0.15) is 12.8 Å². The summed E-state index contributed by atoms with van der Waals surface area (Å²) in [5.41, 5.74) is -1.75. The van der Waals surface area contributed by atoms with Crippen LogP contribution < -0.4 is 0 Å². The summed E-state index contributed by atoms with van der Waals surface area (Å²) in [7, 11) is 3.66. The van der Waals surface area contributed by atoms with Gasteiger partial charge in [-0.1, -0.05) is 0 Å². The molecule has 3 N–H and O–H groups in total. The monoisotopic (exact) mass is 264 g/mol. The van der Waals surface area contributed by atoms with Crippen molar-refractivity contribution >= 4 is 5.97 Å². The third-order valence-corrected chi connectivity index (χ3v) is 3.60. The maximum Gasteiger partial charge on any atom is 0.317 e. The Morgan fingerprint density at radius 1 is 1.33 bits per heavy atom. The van der Waals surface area contributed by atoms with E-state index >= 15 is 0 Å². The standard InChI is InChI=1S/C11H20O7/c1-16-9(14)8-10(15,6-12)5-4-7(13)11(8,17-2)18-3/h7-8,12-13,15H,4-6H2,1-3H3/t7-,8-,10-/m1/s1. The Hall–Kier alpha value is -0.730. The normalized spacial score (nSPS) is 35.2. The number of hydrogen-bond acceptors (Lipinski definition) is 7. The largest absolute Gasteiger partial charge is 0.469 e. The molecule has 1 aliphatic rings. The van der Waals surface area contributed by atoms with E-state index in [1.54, 1.807) is 0 Å². The summed E-state index contributed by atoms with van der Waals surface area (Å²) in [6.45, 7) is -0.659. The minimum atomic E-state index is -1.75. The van der Waals surface area contributed by atoms with Crippen molar-refractivity contribution in [1.29, 1.82) is 0 Å². The topological polar surface area (TPSA) is 105 Å². The molecule has 1 saturated carbocycles. The van der Waals surface area contributed by atoms with E-state index in [1.165, 1.54) is 14.2 Å². The number of carbonyl (C=O) groups is 1. The Kier molecular flexibility index (Phi) is 4.68. The first-order chi connectivity index (χ1) is 8.41. The molecule has 0 spiro atoms. The van der Waals surface area contributed by atoms with Gasteiger partial charge in [-0.2, -0.15) is 0 Å². The van der Waals surface area contributed by atoms with Gasteiger partial charge in [-0.3, -0.25) is 4.79 Å². The lowest BCUT2D eigenvalue weighted by molar-refractivity contribution is -0.331. The maximum absolute atomic E-state index is 11.9. The Balaban J connectivity index is 3.28. The van der Waals surface area contributed by atoms with E-state index in [2.05, 4.69) is 4.74 Å². The Labute approximate surface area is 105 Å². The summed E-state index contributed by atoms with van der Waals surface area (Å²) in [6, 6.07) is 0. The third-order valence-electron chi connectivity index (χ3n) is 3.60. The van der Waals surface area contributed by atoms with E-state index in [0.717, 1.165) is 7.11 Å². The van der Waals surface area contributed by atoms with Crippen molar-refractivity contribution in [3.8, 4) is 0 Å². The van der Waals surface area contributed by atoms with Gasteiger partial charge in [0.2, 0.25) is 5.79 Å². The van der Waals surface area contributed by atoms with Gasteiger partial charge >= 0.3 is 5.97 Å². The first-order valence-electron chi connectivity index (χ1n) is 5.61. The van der Waals surface area contributed by atoms with Gasteiger partial charge in [0, 0.05) is 14.2 Å². The highest BCUT2D eigenvalue weighted by atomic mass is 16.7. The number of rotatable bonds is 4. The molecular formula is C11H20O7. The molecule has 1 rings (SSSR count). The molecule has 0 bridgehead atoms. The molecule has 0 aromatic heterocycles. The highest BCUT2D eigenvalue weighted by Crippen LogP contribution is 2.44. The van der Waals surface area contributed by atoms with Crippen LogP contribution in [0.5, 0.6) is 0 Å². The molecule has 0 heterocycles. The van der Waals surface area contributed by atoms with Crippen LogP contribution in [0.4, 0.5) is 0 Å². The van der Waals surface area contributed by atoms with E-state index < -0.39 is 36.0 Å². The summed E-state index contributed by atoms with van der Waals surface area (Å²) in [5, 5.41) is 29.7. The third kappa shape index (κ3) is 2.12. The minimum absolute atomic E-state index is 0.0406. The molecule has 0 aliphatic heterocycles. The first-order valence-corrected chi connectivity index (χ1v) is 5.61. The van der Waals surface area contributed by atoms with Gasteiger partial charge in [-0.25, -0.2) is 0 Å². The second kappa shape index (κ2) is 5.50. The summed E-state index contributed by atoms with van der Waals surface area (Å²) in [5.74, 6) is -3.88. The Morgan fingerprint density at radius 2 is 1.89 bits per heavy atom. The molecule has 106 valence electrons. The van der Waals surface area contributed by atoms with Crippen LogP contribution in [0, 0.1) is 5.92 Å². The zero-order chi connectivity index (χ0) is 14.0. The predicted molar refractivity (Wildman–Crippen MR) is 59.5 cm³/mol. The van der Waals surface area contributed by atoms with Gasteiger partial charge in [0.05, 0.1) is 13.7 Å². The van der Waals surface area contributed by atoms with E-state index in [-0.39, 0.29) is 12.8 Å². The van der Waals surface area contributed by atoms with Crippen molar-refractivity contribution in [2.24, 2.45) is 5.92 Å². The molecule has 7 heteroatoms. The number of aliphatic hydroxyl groups excluding tert-OH is 2. The summed E-state index contributed by atoms with van der Waals surface area (Å²) in [4.78, 5) is 11.9. The molecule has 0 unspecified atom stereocenters. The molecular weight excluding hydrogens is 244 g/mol. The SMILES string of the molecule is COC(=O)[C@H]1C(OC)(OC)[C@H](O)CC[C@@]1(O)CO. The molecule has 7 nitrogen and oxygen atoms in total. The van der Waals surface area contributed by atoms with Gasteiger partial charge in [-0.05, 0) is 12.8 Å². The molecule has 1 fully saturated rings. The van der Waals surface area contributed by atoms with Gasteiger partial charge in [0.15, 0.2) is 0 Å². The van der Waals surface area contributed by atoms with Gasteiger partial charge in [0.1, 0.15) is 17.6 Å². The van der Waals surface area contributed by atoms with E-state index in [1.807, 2.05) is 0 Å². The lowest BCUT2D eigenvalue weighted by Crippen LogP contribution is -2.67. The van der Waals surface area contributed by atoms with Gasteiger partial charge in [-0.15, -0.1) is 0 Å². The minimum Gasteiger partial charge on any atom is -0.469 e. The number of esters is 1. The maximum atomic E-state index is 11.9. The zero-order valence-corrected chi connectivity index (χ0v) is 10.8. The fourth-order valence-corrected chi connectivity index (χ4v) is 2.56. The van der Waals surface area contributed by atoms with Crippen LogP contribution in [0.2, 0.25) is 0 Å². The van der Waals surface area contributed by atoms with Gasteiger partial charge < -0.3 is 29.5 Å². The Bertz CT molecular complexity index is 302. The van der Waals surface area contributed by atoms with Crippen molar-refractivity contribution in [3.05, 3.63) is 0 Å². The van der Waals surface area contributed by atoms with Crippen LogP contribution in [-0.4, -0.2) is 66.7 Å². The lowest BCUT2D eigenvalue weighted by atomic mass is 9.70. The van der Waals surface area contributed by atoms with Crippen LogP contribution in [-0.2, 0) is 19.0 Å². The molecule has 0 radical (unpaired) electrons. The van der Waals surface area contributed by atoms with Crippen molar-refractivity contribution in [3.63, 3.8) is 0 Å². The quantitative estimate of drug-likeness (QED) is 0.425. The summed E-state index contributed by atoms with van der Waals surface area (Å²) < 4.78 is 14.9. The van der Waals surface area contributed by atoms with Crippen LogP contribution in [0.15, 0.2) is 0 Å². The smallest absolute Gasteiger partial charge is 0.317 e. The molecule has 0 saturated heterocycles. The molecule has 18 heavy (non-hydrogen) atoms. The number of carbonyl (C=O) groups excluding carboxylic acids is 1. The average molecular weight is 264 g/mol. The first kappa shape index (κ1) is 15.3. The number of methoxy groups -OCH3 is 3. The van der Waals surface area contributed by atoms with E-state index in [4.69, 9.17) is 9.47 Å². The van der Waals surface area contributed by atoms with E-state index in [9.17, 15) is 20.1 Å². The highest BCUT2D eigenvalue weighted by molar-refractivity contribution is 5.75. The van der Waals surface area contributed by atoms with Gasteiger partial charge in [0.25, 0.3) is 0 Å². The number of aliphatic hydroxyl groups is 3. The number of ether oxygens (including phenoxy) is 3. The predicted octanol–water partition coefficient (Wildman–Crippen LogP) is -1.36. The molecule has 0 aromatic rings. The van der Waals surface area contributed by atoms with E-state index in [0.29, 0.717) is 0 Å². The molecule has 1 aliphatic carbocycles. The van der Waals surface area contributed by atoms with Crippen LogP contribution in [0.25, 0.3) is 0 Å². The fraction of sp³-hybridized carbons (Fsp3) is 0.909. The summed E-state index contributed by atoms with van der Waals surface area (Å²) >= 11 is 0. The highest BCUT2D eigenvalue weighted by Gasteiger charge is 2.62. The molecule has 0 amide bonds. The summed E-state index contributed by atoms with van der Waals surface area (Å²) in [6.07, 6.45) is -0.936. The fourth-order valence-electron chi connectivity index (χ4n) is 2.56. The number of hydrogen-bond donors (Lipinski definition) is 3. The zero-order valence-electron chi connectivity index (χ0n) is 10.8. The van der Waals surface area contributed by atoms with Crippen molar-refractivity contribution < 1.29 is 34.3 Å². The lowest BCUT2D eigenvalue weighted by Gasteiger charge is -2.50. The van der Waals surface area contributed by atoms with Crippen LogP contribution in [0.3, 0.4) is 0 Å². The van der Waals surface area contributed by atoms with Crippen molar-refractivity contribution in [1.82, 2.24) is 0 Å². The Morgan fingerprint density at radius 3 is 2.28 bits per heavy atom. The second-order valence-corrected chi connectivity index (χ2v) is 4.40. The second-order valence-electron chi connectivity index (χ2n) is 4.40. The molecule has 3 atom stereocenters. The van der Waals surface area contributed by atoms with Crippen molar-refractivity contribution in [2.45, 2.75) is 30.3 Å². The van der Waals surface area contributed by atoms with Crippen molar-refractivity contribution in [2.75, 3.05) is 27.9 Å². The average Bonchev–Trinajstić information content (AvgIpc) is 2.40. The molecule has 0 aromatic carbocycles.